The molecule has 0 aliphatic carbocycles. The zero-order chi connectivity index (χ0) is 17.9. The van der Waals surface area contributed by atoms with E-state index in [2.05, 4.69) is 10.6 Å². The van der Waals surface area contributed by atoms with Crippen molar-refractivity contribution in [2.24, 2.45) is 0 Å². The molecule has 0 fully saturated rings. The quantitative estimate of drug-likeness (QED) is 0.510. The lowest BCUT2D eigenvalue weighted by Crippen LogP contribution is -2.20. The second-order valence-corrected chi connectivity index (χ2v) is 7.39. The van der Waals surface area contributed by atoms with Crippen molar-refractivity contribution in [3.63, 3.8) is 0 Å². The summed E-state index contributed by atoms with van der Waals surface area (Å²) in [7, 11) is 0. The van der Waals surface area contributed by atoms with Gasteiger partial charge < -0.3 is 15.4 Å². The molecule has 128 valence electrons. The molecule has 4 nitrogen and oxygen atoms in total. The van der Waals surface area contributed by atoms with Crippen LogP contribution in [0.5, 0.6) is 0 Å². The van der Waals surface area contributed by atoms with Crippen molar-refractivity contribution < 1.29 is 9.53 Å². The summed E-state index contributed by atoms with van der Waals surface area (Å²) in [6, 6.07) is 5.06. The Bertz CT molecular complexity index is 791. The van der Waals surface area contributed by atoms with Gasteiger partial charge in [0.25, 0.3) is 0 Å². The van der Waals surface area contributed by atoms with Gasteiger partial charge in [-0.3, -0.25) is 0 Å². The molecule has 1 heterocycles. The van der Waals surface area contributed by atoms with Gasteiger partial charge in [-0.25, -0.2) is 4.79 Å². The molecular weight excluding hydrogens is 387 g/mol. The normalized spacial score (nSPS) is 10.4. The summed E-state index contributed by atoms with van der Waals surface area (Å²) in [5.74, 6) is -0.367. The molecule has 24 heavy (non-hydrogen) atoms. The molecule has 1 aromatic carbocycles. The van der Waals surface area contributed by atoms with Gasteiger partial charge in [0.05, 0.1) is 22.9 Å². The van der Waals surface area contributed by atoms with Gasteiger partial charge in [-0.2, -0.15) is 0 Å². The number of anilines is 2. The van der Waals surface area contributed by atoms with Gasteiger partial charge in [0.15, 0.2) is 5.11 Å². The SMILES string of the molecule is CCOC(=O)c1c(NC(=S)Nc2ccc(Cl)cc2Cl)sc(C)c1C. The summed E-state index contributed by atoms with van der Waals surface area (Å²) in [5.41, 5.74) is 2.01. The van der Waals surface area contributed by atoms with Crippen molar-refractivity contribution in [2.75, 3.05) is 17.2 Å². The number of nitrogens with one attached hydrogen (secondary N) is 2. The molecule has 0 saturated carbocycles. The Hall–Kier alpha value is -1.34. The number of carbonyl (C=O) groups excluding carboxylic acids is 1. The molecule has 0 aliphatic rings. The fourth-order valence-electron chi connectivity index (χ4n) is 2.01. The van der Waals surface area contributed by atoms with Crippen LogP contribution >= 0.6 is 46.8 Å². The number of hydrogen-bond acceptors (Lipinski definition) is 4. The van der Waals surface area contributed by atoms with Gasteiger partial charge in [0.1, 0.15) is 5.00 Å². The largest absolute Gasteiger partial charge is 0.462 e. The summed E-state index contributed by atoms with van der Waals surface area (Å²) in [6.45, 7) is 5.92. The minimum atomic E-state index is -0.367. The Morgan fingerprint density at radius 3 is 2.62 bits per heavy atom. The van der Waals surface area contributed by atoms with Crippen molar-refractivity contribution in [3.05, 3.63) is 44.2 Å². The Morgan fingerprint density at radius 1 is 1.29 bits per heavy atom. The first-order chi connectivity index (χ1) is 11.3. The predicted molar refractivity (Wildman–Crippen MR) is 106 cm³/mol. The fourth-order valence-corrected chi connectivity index (χ4v) is 3.80. The molecule has 0 unspecified atom stereocenters. The highest BCUT2D eigenvalue weighted by atomic mass is 35.5. The number of benzene rings is 1. The van der Waals surface area contributed by atoms with Crippen LogP contribution in [0.1, 0.15) is 27.7 Å². The molecule has 0 amide bonds. The van der Waals surface area contributed by atoms with E-state index in [9.17, 15) is 4.79 Å². The van der Waals surface area contributed by atoms with Crippen LogP contribution in [0, 0.1) is 13.8 Å². The van der Waals surface area contributed by atoms with E-state index in [1.807, 2.05) is 13.8 Å². The maximum atomic E-state index is 12.2. The molecule has 1 aromatic heterocycles. The van der Waals surface area contributed by atoms with E-state index in [-0.39, 0.29) is 5.97 Å². The zero-order valence-electron chi connectivity index (χ0n) is 13.3. The molecule has 0 radical (unpaired) electrons. The third-order valence-electron chi connectivity index (χ3n) is 3.27. The average Bonchev–Trinajstić information content (AvgIpc) is 2.77. The van der Waals surface area contributed by atoms with Crippen LogP contribution in [0.25, 0.3) is 0 Å². The number of carbonyl (C=O) groups is 1. The Kier molecular flexibility index (Phi) is 6.46. The van der Waals surface area contributed by atoms with Gasteiger partial charge in [-0.05, 0) is 56.8 Å². The van der Waals surface area contributed by atoms with Crippen LogP contribution in [0.3, 0.4) is 0 Å². The first kappa shape index (κ1) is 19.0. The Balaban J connectivity index is 2.20. The van der Waals surface area contributed by atoms with Gasteiger partial charge in [0, 0.05) is 9.90 Å². The highest BCUT2D eigenvalue weighted by molar-refractivity contribution is 7.80. The zero-order valence-corrected chi connectivity index (χ0v) is 16.5. The Labute approximate surface area is 160 Å². The average molecular weight is 403 g/mol. The highest BCUT2D eigenvalue weighted by Crippen LogP contribution is 2.33. The van der Waals surface area contributed by atoms with E-state index in [0.717, 1.165) is 10.4 Å². The molecule has 2 aromatic rings. The van der Waals surface area contributed by atoms with Crippen molar-refractivity contribution in [1.29, 1.82) is 0 Å². The molecular formula is C16H16Cl2N2O2S2. The first-order valence-corrected chi connectivity index (χ1v) is 9.11. The molecule has 2 rings (SSSR count). The molecule has 0 bridgehead atoms. The number of esters is 1. The minimum absolute atomic E-state index is 0.315. The van der Waals surface area contributed by atoms with E-state index in [1.54, 1.807) is 25.1 Å². The third kappa shape index (κ3) is 4.39. The lowest BCUT2D eigenvalue weighted by Gasteiger charge is -2.12. The second kappa shape index (κ2) is 8.16. The van der Waals surface area contributed by atoms with E-state index in [1.165, 1.54) is 11.3 Å². The third-order valence-corrected chi connectivity index (χ3v) is 5.15. The summed E-state index contributed by atoms with van der Waals surface area (Å²) >= 11 is 18.8. The van der Waals surface area contributed by atoms with Crippen LogP contribution in [-0.2, 0) is 4.74 Å². The number of rotatable bonds is 4. The van der Waals surface area contributed by atoms with E-state index >= 15 is 0 Å². The van der Waals surface area contributed by atoms with Crippen molar-refractivity contribution in [2.45, 2.75) is 20.8 Å². The van der Waals surface area contributed by atoms with Crippen molar-refractivity contribution in [1.82, 2.24) is 0 Å². The van der Waals surface area contributed by atoms with Crippen LogP contribution in [-0.4, -0.2) is 17.7 Å². The number of aryl methyl sites for hydroxylation is 1. The lowest BCUT2D eigenvalue weighted by molar-refractivity contribution is 0.0527. The molecule has 8 heteroatoms. The predicted octanol–water partition coefficient (Wildman–Crippen LogP) is 5.66. The van der Waals surface area contributed by atoms with Crippen LogP contribution in [0.15, 0.2) is 18.2 Å². The maximum Gasteiger partial charge on any atom is 0.341 e. The van der Waals surface area contributed by atoms with Gasteiger partial charge in [-0.15, -0.1) is 11.3 Å². The molecule has 0 atom stereocenters. The van der Waals surface area contributed by atoms with Gasteiger partial charge in [0.2, 0.25) is 0 Å². The number of ether oxygens (including phenoxy) is 1. The van der Waals surface area contributed by atoms with E-state index < -0.39 is 0 Å². The number of halogens is 2. The Morgan fingerprint density at radius 2 is 2.00 bits per heavy atom. The van der Waals surface area contributed by atoms with Crippen LogP contribution < -0.4 is 10.6 Å². The highest BCUT2D eigenvalue weighted by Gasteiger charge is 2.21. The number of thiocarbonyl (C=S) groups is 1. The summed E-state index contributed by atoms with van der Waals surface area (Å²) in [6.07, 6.45) is 0. The number of thiophene rings is 1. The van der Waals surface area contributed by atoms with Gasteiger partial charge in [-0.1, -0.05) is 23.2 Å². The van der Waals surface area contributed by atoms with E-state index in [4.69, 9.17) is 40.2 Å². The van der Waals surface area contributed by atoms with E-state index in [0.29, 0.717) is 38.0 Å². The first-order valence-electron chi connectivity index (χ1n) is 7.13. The van der Waals surface area contributed by atoms with Gasteiger partial charge >= 0.3 is 5.97 Å². The lowest BCUT2D eigenvalue weighted by atomic mass is 10.1. The van der Waals surface area contributed by atoms with Crippen LogP contribution in [0.2, 0.25) is 10.0 Å². The summed E-state index contributed by atoms with van der Waals surface area (Å²) in [5, 5.41) is 8.01. The molecule has 0 saturated heterocycles. The standard InChI is InChI=1S/C16H16Cl2N2O2S2/c1-4-22-15(21)13-8(2)9(3)24-14(13)20-16(23)19-12-6-5-10(17)7-11(12)18/h5-7H,4H2,1-3H3,(H2,19,20,23). The molecule has 2 N–H and O–H groups in total. The monoisotopic (exact) mass is 402 g/mol. The van der Waals surface area contributed by atoms with Crippen LogP contribution in [0.4, 0.5) is 10.7 Å². The molecule has 0 aliphatic heterocycles. The number of hydrogen-bond donors (Lipinski definition) is 2. The van der Waals surface area contributed by atoms with Crippen molar-refractivity contribution in [3.8, 4) is 0 Å². The maximum absolute atomic E-state index is 12.2. The fraction of sp³-hybridized carbons (Fsp3) is 0.250. The summed E-state index contributed by atoms with van der Waals surface area (Å²) in [4.78, 5) is 13.2. The topological polar surface area (TPSA) is 50.4 Å². The molecule has 0 spiro atoms. The minimum Gasteiger partial charge on any atom is -0.462 e. The second-order valence-electron chi connectivity index (χ2n) is 4.91. The smallest absolute Gasteiger partial charge is 0.341 e. The summed E-state index contributed by atoms with van der Waals surface area (Å²) < 4.78 is 5.12. The van der Waals surface area contributed by atoms with Crippen molar-refractivity contribution >= 4 is 68.5 Å².